The molecule has 0 aliphatic rings. The number of carbonyl (C=O) groups excluding carboxylic acids is 2. The number of hydrogen-bond donors (Lipinski definition) is 1. The summed E-state index contributed by atoms with van der Waals surface area (Å²) >= 11 is 0. The summed E-state index contributed by atoms with van der Waals surface area (Å²) < 4.78 is 0. The summed E-state index contributed by atoms with van der Waals surface area (Å²) in [6, 6.07) is 0. The highest BCUT2D eigenvalue weighted by Crippen LogP contribution is 2.03. The van der Waals surface area contributed by atoms with Crippen molar-refractivity contribution in [1.82, 2.24) is 25.5 Å². The second kappa shape index (κ2) is 5.86. The molecule has 8 nitrogen and oxygen atoms in total. The van der Waals surface area contributed by atoms with E-state index in [-0.39, 0.29) is 24.1 Å². The number of nitrogens with one attached hydrogen (secondary N) is 1. The van der Waals surface area contributed by atoms with Crippen LogP contribution in [0.3, 0.4) is 0 Å². The number of carbonyl (C=O) groups is 2. The highest BCUT2D eigenvalue weighted by atomic mass is 16.2. The minimum Gasteiger partial charge on any atom is -0.290 e. The maximum absolute atomic E-state index is 11.6. The van der Waals surface area contributed by atoms with E-state index in [0.29, 0.717) is 0 Å². The fourth-order valence-corrected chi connectivity index (χ4v) is 1.18. The van der Waals surface area contributed by atoms with E-state index in [1.54, 1.807) is 27.0 Å². The summed E-state index contributed by atoms with van der Waals surface area (Å²) in [5.74, 6) is -1.28. The lowest BCUT2D eigenvalue weighted by Gasteiger charge is -2.06. The lowest BCUT2D eigenvalue weighted by Crippen LogP contribution is -2.28. The molecule has 1 unspecified atom stereocenters. The maximum atomic E-state index is 11.6. The molecule has 1 amide bonds. The van der Waals surface area contributed by atoms with E-state index in [2.05, 4.69) is 15.4 Å². The summed E-state index contributed by atoms with van der Waals surface area (Å²) in [4.78, 5) is 24.1. The summed E-state index contributed by atoms with van der Waals surface area (Å²) in [5.41, 5.74) is 0. The van der Waals surface area contributed by atoms with E-state index in [1.165, 1.54) is 4.80 Å². The highest BCUT2D eigenvalue weighted by molar-refractivity contribution is 5.93. The van der Waals surface area contributed by atoms with Crippen molar-refractivity contribution >= 4 is 11.7 Å². The zero-order valence-electron chi connectivity index (χ0n) is 10.4. The Morgan fingerprint density at radius 1 is 1.44 bits per heavy atom. The number of tetrazole rings is 1. The zero-order valence-corrected chi connectivity index (χ0v) is 10.4. The van der Waals surface area contributed by atoms with Gasteiger partial charge in [0.2, 0.25) is 17.5 Å². The Morgan fingerprint density at radius 3 is 2.67 bits per heavy atom. The summed E-state index contributed by atoms with van der Waals surface area (Å²) in [6.45, 7) is 5.27. The number of hydrogen-bond acceptors (Lipinski definition) is 6. The molecule has 1 aromatic rings. The third kappa shape index (κ3) is 3.35. The largest absolute Gasteiger partial charge is 0.290 e. The molecule has 1 rings (SSSR count). The van der Waals surface area contributed by atoms with Crippen molar-refractivity contribution in [1.29, 1.82) is 5.26 Å². The molecule has 18 heavy (non-hydrogen) atoms. The lowest BCUT2D eigenvalue weighted by atomic mass is 10.1. The topological polar surface area (TPSA) is 114 Å². The van der Waals surface area contributed by atoms with Crippen LogP contribution in [0.2, 0.25) is 0 Å². The predicted octanol–water partition coefficient (Wildman–Crippen LogP) is -0.255. The minimum absolute atomic E-state index is 0.0397. The highest BCUT2D eigenvalue weighted by Gasteiger charge is 2.19. The third-order valence-electron chi connectivity index (χ3n) is 2.26. The average Bonchev–Trinajstić information content (AvgIpc) is 2.76. The molecule has 0 fully saturated rings. The molecular weight excluding hydrogens is 236 g/mol. The van der Waals surface area contributed by atoms with Crippen LogP contribution in [0, 0.1) is 23.3 Å². The number of nitrogens with zero attached hydrogens (tertiary/aromatic N) is 5. The quantitative estimate of drug-likeness (QED) is 0.437. The molecule has 0 saturated carbocycles. The van der Waals surface area contributed by atoms with E-state index in [0.717, 1.165) is 0 Å². The minimum atomic E-state index is -0.485. The van der Waals surface area contributed by atoms with Gasteiger partial charge in [0, 0.05) is 5.92 Å². The fourth-order valence-electron chi connectivity index (χ4n) is 1.18. The van der Waals surface area contributed by atoms with Crippen molar-refractivity contribution in [3.05, 3.63) is 5.82 Å². The van der Waals surface area contributed by atoms with Gasteiger partial charge in [-0.15, -0.1) is 10.2 Å². The lowest BCUT2D eigenvalue weighted by molar-refractivity contribution is -0.123. The van der Waals surface area contributed by atoms with Crippen LogP contribution in [0.25, 0.3) is 0 Å². The molecule has 0 spiro atoms. The molecule has 0 aromatic carbocycles. The Labute approximate surface area is 104 Å². The molecule has 0 aliphatic carbocycles. The van der Waals surface area contributed by atoms with E-state index >= 15 is 0 Å². The van der Waals surface area contributed by atoms with E-state index in [1.807, 2.05) is 5.32 Å². The fraction of sp³-hybridized carbons (Fsp3) is 0.600. The van der Waals surface area contributed by atoms with Crippen molar-refractivity contribution in [3.8, 4) is 6.19 Å². The summed E-state index contributed by atoms with van der Waals surface area (Å²) in [7, 11) is 0. The first-order valence-electron chi connectivity index (χ1n) is 5.46. The molecule has 1 heterocycles. The first-order chi connectivity index (χ1) is 8.45. The van der Waals surface area contributed by atoms with Crippen molar-refractivity contribution in [2.24, 2.45) is 11.8 Å². The molecule has 1 aromatic heterocycles. The third-order valence-corrected chi connectivity index (χ3v) is 2.26. The maximum Gasteiger partial charge on any atom is 0.240 e. The van der Waals surface area contributed by atoms with Gasteiger partial charge < -0.3 is 0 Å². The van der Waals surface area contributed by atoms with Crippen molar-refractivity contribution in [2.75, 3.05) is 0 Å². The van der Waals surface area contributed by atoms with Gasteiger partial charge in [0.1, 0.15) is 0 Å². The van der Waals surface area contributed by atoms with Gasteiger partial charge in [0.25, 0.3) is 0 Å². The van der Waals surface area contributed by atoms with E-state index in [9.17, 15) is 9.59 Å². The molecule has 8 heteroatoms. The number of ketones is 1. The smallest absolute Gasteiger partial charge is 0.240 e. The van der Waals surface area contributed by atoms with Gasteiger partial charge in [-0.3, -0.25) is 14.9 Å². The number of Topliss-reactive ketones (excluding diaryl/α,β-unsaturated/α-hetero) is 1. The van der Waals surface area contributed by atoms with Crippen LogP contribution in [-0.2, 0) is 11.3 Å². The van der Waals surface area contributed by atoms with Gasteiger partial charge in [0.15, 0.2) is 6.19 Å². The Hall–Kier alpha value is -2.30. The second-order valence-corrected chi connectivity index (χ2v) is 4.19. The Balaban J connectivity index is 2.68. The SMILES string of the molecule is CC(C)C(=O)c1nnn(CC(C)C(=O)NC#N)n1. The van der Waals surface area contributed by atoms with Crippen LogP contribution in [0.5, 0.6) is 0 Å². The van der Waals surface area contributed by atoms with Gasteiger partial charge in [-0.2, -0.15) is 10.1 Å². The van der Waals surface area contributed by atoms with Crippen molar-refractivity contribution in [2.45, 2.75) is 27.3 Å². The van der Waals surface area contributed by atoms with Crippen LogP contribution in [0.4, 0.5) is 0 Å². The zero-order chi connectivity index (χ0) is 13.7. The molecule has 96 valence electrons. The average molecular weight is 250 g/mol. The molecular formula is C10H14N6O2. The Kier molecular flexibility index (Phi) is 4.48. The number of nitriles is 1. The van der Waals surface area contributed by atoms with Crippen LogP contribution in [0.15, 0.2) is 0 Å². The Bertz CT molecular complexity index is 487. The first kappa shape index (κ1) is 13.8. The second-order valence-electron chi connectivity index (χ2n) is 4.19. The van der Waals surface area contributed by atoms with Gasteiger partial charge >= 0.3 is 0 Å². The molecule has 0 bridgehead atoms. The Morgan fingerprint density at radius 2 is 2.11 bits per heavy atom. The molecule has 0 radical (unpaired) electrons. The van der Waals surface area contributed by atoms with Crippen LogP contribution >= 0.6 is 0 Å². The van der Waals surface area contributed by atoms with Crippen LogP contribution < -0.4 is 5.32 Å². The molecule has 0 aliphatic heterocycles. The number of amides is 1. The standard InChI is InChI=1S/C10H14N6O2/c1-6(2)8(17)9-13-15-16(14-9)4-7(3)10(18)12-5-11/h6-7H,4H2,1-3H3,(H,12,18). The van der Waals surface area contributed by atoms with Gasteiger partial charge in [0.05, 0.1) is 12.5 Å². The first-order valence-corrected chi connectivity index (χ1v) is 5.46. The van der Waals surface area contributed by atoms with Crippen molar-refractivity contribution in [3.63, 3.8) is 0 Å². The molecule has 1 N–H and O–H groups in total. The predicted molar refractivity (Wildman–Crippen MR) is 59.9 cm³/mol. The van der Waals surface area contributed by atoms with E-state index in [4.69, 9.17) is 5.26 Å². The summed E-state index contributed by atoms with van der Waals surface area (Å²) in [5, 5.41) is 21.6. The van der Waals surface area contributed by atoms with Crippen LogP contribution in [-0.4, -0.2) is 31.9 Å². The van der Waals surface area contributed by atoms with Gasteiger partial charge in [-0.1, -0.05) is 20.8 Å². The molecule has 1 atom stereocenters. The monoisotopic (exact) mass is 250 g/mol. The van der Waals surface area contributed by atoms with E-state index < -0.39 is 11.8 Å². The summed E-state index contributed by atoms with van der Waals surface area (Å²) in [6.07, 6.45) is 1.55. The molecule has 0 saturated heterocycles. The van der Waals surface area contributed by atoms with Crippen molar-refractivity contribution < 1.29 is 9.59 Å². The number of aromatic nitrogens is 4. The number of rotatable bonds is 5. The van der Waals surface area contributed by atoms with Crippen LogP contribution in [0.1, 0.15) is 31.4 Å². The van der Waals surface area contributed by atoms with Gasteiger partial charge in [-0.05, 0) is 5.21 Å². The normalized spacial score (nSPS) is 11.9. The van der Waals surface area contributed by atoms with Gasteiger partial charge in [-0.25, -0.2) is 0 Å².